The Bertz CT molecular complexity index is 4910. The van der Waals surface area contributed by atoms with Crippen LogP contribution in [0.4, 0.5) is 0 Å². The first-order chi connectivity index (χ1) is 65.2. The minimum atomic E-state index is -1.97. The highest BCUT2D eigenvalue weighted by molar-refractivity contribution is 7.98. The number of nitrogens with one attached hydrogen (secondary N) is 17. The van der Waals surface area contributed by atoms with Gasteiger partial charge in [0.2, 0.25) is 100 Å². The molecule has 4 aromatic rings. The molecule has 0 aliphatic carbocycles. The van der Waals surface area contributed by atoms with E-state index in [0.29, 0.717) is 33.5 Å². The lowest BCUT2D eigenvalue weighted by atomic mass is 10.0. The summed E-state index contributed by atoms with van der Waals surface area (Å²) in [5.74, 6) is -23.1. The third-order valence-electron chi connectivity index (χ3n) is 21.4. The Morgan fingerprint density at radius 1 is 0.514 bits per heavy atom. The van der Waals surface area contributed by atoms with E-state index in [0.717, 1.165) is 14.7 Å². The number of imidazole rings is 1. The first-order valence-electron chi connectivity index (χ1n) is 44.1. The molecule has 0 saturated carbocycles. The van der Waals surface area contributed by atoms with Gasteiger partial charge in [0, 0.05) is 93.9 Å². The number of para-hydroxylation sites is 1. The number of hydrogen-bond donors (Lipinski definition) is 26. The number of fused-ring (bicyclic) bond motifs is 1. The number of carbonyl (C=O) groups is 21. The van der Waals surface area contributed by atoms with Crippen LogP contribution in [-0.4, -0.2) is 360 Å². The van der Waals surface area contributed by atoms with E-state index >= 15 is 0 Å². The maximum absolute atomic E-state index is 14.7. The number of guanidine groups is 1. The Morgan fingerprint density at radius 3 is 1.57 bits per heavy atom. The van der Waals surface area contributed by atoms with Gasteiger partial charge in [0.05, 0.1) is 65.1 Å². The maximum atomic E-state index is 14.7. The number of aliphatic carboxylic acids is 4. The van der Waals surface area contributed by atoms with Crippen LogP contribution in [0.15, 0.2) is 67.3 Å². The molecule has 758 valence electrons. The van der Waals surface area contributed by atoms with Crippen molar-refractivity contribution in [2.75, 3.05) is 104 Å². The number of carboxylic acids is 4. The molecule has 2 aromatic heterocycles. The van der Waals surface area contributed by atoms with Gasteiger partial charge in [-0.25, -0.2) is 4.98 Å². The first-order valence-corrected chi connectivity index (χ1v) is 45.5. The average molecular weight is 1960 g/mol. The number of phenolic OH excluding ortho intramolecular Hbond substituents is 1. The fourth-order valence-electron chi connectivity index (χ4n) is 14.4. The number of carbonyl (C=O) groups excluding carboxylic acids is 17. The Kier molecular flexibility index (Phi) is 47.8. The number of benzene rings is 2. The van der Waals surface area contributed by atoms with Gasteiger partial charge in [0.1, 0.15) is 72.2 Å². The van der Waals surface area contributed by atoms with Crippen molar-refractivity contribution in [3.63, 3.8) is 0 Å². The van der Waals surface area contributed by atoms with Crippen LogP contribution in [0.3, 0.4) is 0 Å². The highest BCUT2D eigenvalue weighted by Gasteiger charge is 2.39. The van der Waals surface area contributed by atoms with Crippen molar-refractivity contribution in [1.29, 1.82) is 5.41 Å². The summed E-state index contributed by atoms with van der Waals surface area (Å²) in [6, 6.07) is -4.35. The Hall–Kier alpha value is -14.6. The minimum Gasteiger partial charge on any atom is -0.508 e. The van der Waals surface area contributed by atoms with Gasteiger partial charge >= 0.3 is 23.9 Å². The summed E-state index contributed by atoms with van der Waals surface area (Å²) in [5.41, 5.74) is 23.9. The molecule has 1 aliphatic rings. The number of rotatable bonds is 64. The number of amides is 17. The second-order valence-electron chi connectivity index (χ2n) is 33.5. The number of hydrogen-bond acceptors (Lipinski definition) is 28. The van der Waals surface area contributed by atoms with E-state index in [9.17, 15) is 126 Å². The van der Waals surface area contributed by atoms with Crippen molar-refractivity contribution in [2.45, 2.75) is 178 Å². The molecule has 53 heteroatoms. The second kappa shape index (κ2) is 57.9. The summed E-state index contributed by atoms with van der Waals surface area (Å²) >= 11 is 1.43. The highest BCUT2D eigenvalue weighted by atomic mass is 32.2. The second-order valence-corrected chi connectivity index (χ2v) is 34.5. The molecule has 1 aliphatic heterocycles. The van der Waals surface area contributed by atoms with E-state index < -0.39 is 274 Å². The van der Waals surface area contributed by atoms with E-state index in [4.69, 9.17) is 28.3 Å². The minimum absolute atomic E-state index is 0.00198. The highest BCUT2D eigenvalue weighted by Crippen LogP contribution is 2.22. The lowest BCUT2D eigenvalue weighted by Crippen LogP contribution is -2.60. The van der Waals surface area contributed by atoms with Crippen LogP contribution < -0.4 is 97.4 Å². The average Bonchev–Trinajstić information content (AvgIpc) is 1.67. The predicted molar refractivity (Wildman–Crippen MR) is 493 cm³/mol. The van der Waals surface area contributed by atoms with Crippen LogP contribution in [0, 0.1) is 17.2 Å². The zero-order chi connectivity index (χ0) is 103. The van der Waals surface area contributed by atoms with Crippen molar-refractivity contribution in [3.05, 3.63) is 84.1 Å². The summed E-state index contributed by atoms with van der Waals surface area (Å²) in [7, 11) is 0. The lowest BCUT2D eigenvalue weighted by Gasteiger charge is -2.30. The normalized spacial score (nSPS) is 14.5. The molecule has 0 spiro atoms. The Balaban J connectivity index is 1.29. The molecule has 1 saturated heterocycles. The van der Waals surface area contributed by atoms with Crippen molar-refractivity contribution < 1.29 is 126 Å². The quantitative estimate of drug-likeness (QED) is 0.0111. The standard InChI is InChI=1S/C85H126N26O26S/c1-45(2)29-57(80(133)102-54(74(88)127)21-28-138-6)104-81(134)60(32-50-35-91-44-97-50)100-67(117)38-96-84(137)73(46(3)4)107-75(128)47(5)98-79(132)59(31-49-34-93-53-12-8-7-11-52(49)53)106-78(131)56(19-20-63(86)113)103-82(135)61(33-64(87)114)101-66(116)36-94-76(129)58(30-48-15-17-51(112)18-16-48)105-77(130)55(13-9-22-92-85(89)90)99-65(115)37-95-83(136)62-14-10-23-111(62)68(118)39-109(41-70(121)122)26-24-108(40-69(119)120)25-27-110(42-71(123)124)43-72(125)126/h7-8,11-12,15-18,34-35,44-47,54-62,73,93,112H,9-10,13-14,19-33,36-43H2,1-6H3,(H2,86,113)(H2,87,114)(H2,88,127)(H,91,97)(H,94,129)(H,95,136)(H,96,137)(H,98,132)(H,99,115)(H,100,117)(H,101,116)(H,102,133)(H,103,135)(H,104,134)(H,105,130)(H,106,131)(H,107,128)(H,119,120)(H,121,122)(H,123,124)(H,125,126)(H4,89,90,92)/t47-,54-,55-,56-,57-,58-,59-,60-,61-,62-,73-/m0/s1. The number of aromatic nitrogens is 3. The van der Waals surface area contributed by atoms with Crippen LogP contribution in [0.25, 0.3) is 10.9 Å². The number of aromatic amines is 2. The number of primary amides is 3. The largest absolute Gasteiger partial charge is 0.508 e. The van der Waals surface area contributed by atoms with E-state index in [-0.39, 0.29) is 109 Å². The van der Waals surface area contributed by atoms with Crippen LogP contribution in [-0.2, 0) is 120 Å². The van der Waals surface area contributed by atoms with E-state index in [2.05, 4.69) is 89.4 Å². The molecule has 5 rings (SSSR count). The van der Waals surface area contributed by atoms with Crippen molar-refractivity contribution in [2.24, 2.45) is 34.8 Å². The van der Waals surface area contributed by atoms with Crippen LogP contribution in [0.2, 0.25) is 0 Å². The number of aromatic hydroxyl groups is 1. The Labute approximate surface area is 796 Å². The van der Waals surface area contributed by atoms with Crippen molar-refractivity contribution in [3.8, 4) is 5.75 Å². The summed E-state index contributed by atoms with van der Waals surface area (Å²) in [5, 5.41) is 91.0. The fourth-order valence-corrected chi connectivity index (χ4v) is 14.9. The number of H-pyrrole nitrogens is 2. The molecule has 0 unspecified atom stereocenters. The zero-order valence-corrected chi connectivity index (χ0v) is 78.0. The summed E-state index contributed by atoms with van der Waals surface area (Å²) in [6.07, 6.45) is 3.43. The molecule has 0 bridgehead atoms. The molecule has 2 aromatic carbocycles. The first kappa shape index (κ1) is 114. The van der Waals surface area contributed by atoms with E-state index in [1.165, 1.54) is 66.6 Å². The van der Waals surface area contributed by atoms with Gasteiger partial charge < -0.3 is 138 Å². The van der Waals surface area contributed by atoms with Crippen molar-refractivity contribution >= 4 is 153 Å². The predicted octanol–water partition coefficient (Wildman–Crippen LogP) is -8.58. The lowest BCUT2D eigenvalue weighted by molar-refractivity contribution is -0.143. The van der Waals surface area contributed by atoms with Crippen molar-refractivity contribution in [1.82, 2.24) is 109 Å². The topological polar surface area (TPSA) is 813 Å². The van der Waals surface area contributed by atoms with Gasteiger partial charge in [-0.05, 0) is 105 Å². The summed E-state index contributed by atoms with van der Waals surface area (Å²) in [6.45, 7) is 1.10. The number of nitrogens with two attached hydrogens (primary N) is 4. The maximum Gasteiger partial charge on any atom is 0.317 e. The molecule has 0 radical (unpaired) electrons. The SMILES string of the molecule is CSCC[C@H](NC(=O)[C@H](CC(C)C)NC(=O)[C@H](Cc1cnc[nH]1)NC(=O)CNC(=O)[C@@H](NC(=O)[C@H](C)NC(=O)[C@H](Cc1c[nH]c2ccccc12)NC(=O)[C@H](CCC(N)=O)NC(=O)[C@H](CC(N)=O)NC(=O)CNC(=O)[C@H](Cc1ccc(O)cc1)NC(=O)[C@H](CCCNC(=N)N)NC(=O)CNC(=O)[C@@H]1CCCN1C(=O)CN(CCN(CCN(CC(=O)O)CC(=O)O)CC(=O)O)CC(=O)O)C(C)C)C(N)=O. The number of thioether (sulfide) groups is 1. The summed E-state index contributed by atoms with van der Waals surface area (Å²) < 4.78 is 0. The molecule has 17 amide bonds. The number of carboxylic acid groups (broad SMARTS) is 4. The molecular weight excluding hydrogens is 1830 g/mol. The molecule has 1 fully saturated rings. The molecule has 11 atom stereocenters. The zero-order valence-electron chi connectivity index (χ0n) is 77.2. The summed E-state index contributed by atoms with van der Waals surface area (Å²) in [4.78, 5) is 296. The third-order valence-corrected chi connectivity index (χ3v) is 22.0. The van der Waals surface area contributed by atoms with E-state index in [1.807, 2.05) is 6.26 Å². The molecule has 52 nitrogen and oxygen atoms in total. The smallest absolute Gasteiger partial charge is 0.317 e. The molecular formula is C85H126N26O26S. The van der Waals surface area contributed by atoms with Crippen LogP contribution in [0.5, 0.6) is 5.75 Å². The van der Waals surface area contributed by atoms with Gasteiger partial charge in [0.15, 0.2) is 5.96 Å². The monoisotopic (exact) mass is 1960 g/mol. The third kappa shape index (κ3) is 41.7. The van der Waals surface area contributed by atoms with E-state index in [1.54, 1.807) is 52.0 Å². The molecule has 30 N–H and O–H groups in total. The van der Waals surface area contributed by atoms with Gasteiger partial charge in [0.25, 0.3) is 0 Å². The number of nitrogens with zero attached hydrogens (tertiary/aromatic N) is 5. The van der Waals surface area contributed by atoms with Crippen LogP contribution >= 0.6 is 11.8 Å². The van der Waals surface area contributed by atoms with Gasteiger partial charge in [-0.2, -0.15) is 11.8 Å². The fraction of sp³-hybridized carbons (Fsp3) is 0.541. The molecule has 138 heavy (non-hydrogen) atoms. The van der Waals surface area contributed by atoms with Crippen LogP contribution in [0.1, 0.15) is 109 Å². The Morgan fingerprint density at radius 2 is 1.01 bits per heavy atom. The number of phenols is 1. The van der Waals surface area contributed by atoms with Gasteiger partial charge in [-0.15, -0.1) is 0 Å². The van der Waals surface area contributed by atoms with Gasteiger partial charge in [-0.3, -0.25) is 121 Å². The van der Waals surface area contributed by atoms with Gasteiger partial charge in [-0.1, -0.05) is 58.0 Å². The molecule has 3 heterocycles. The number of likely N-dealkylation sites (tertiary alicyclic amines) is 1.